The lowest BCUT2D eigenvalue weighted by Crippen LogP contribution is -2.42. The summed E-state index contributed by atoms with van der Waals surface area (Å²) in [6.07, 6.45) is 3.90. The summed E-state index contributed by atoms with van der Waals surface area (Å²) in [6, 6.07) is 3.31. The number of hydrogen-bond acceptors (Lipinski definition) is 5. The Labute approximate surface area is 136 Å². The maximum Gasteiger partial charge on any atom is 0.222 e. The Morgan fingerprint density at radius 2 is 2.04 bits per heavy atom. The van der Waals surface area contributed by atoms with Crippen molar-refractivity contribution in [1.82, 2.24) is 15.2 Å². The third kappa shape index (κ3) is 5.31. The highest BCUT2D eigenvalue weighted by molar-refractivity contribution is 7.91. The second-order valence-electron chi connectivity index (χ2n) is 5.65. The van der Waals surface area contributed by atoms with Gasteiger partial charge in [-0.15, -0.1) is 0 Å². The molecule has 0 spiro atoms. The molecule has 1 aromatic heterocycles. The van der Waals surface area contributed by atoms with Gasteiger partial charge in [-0.3, -0.25) is 14.6 Å². The molecule has 8 heteroatoms. The molecule has 0 bridgehead atoms. The molecule has 0 saturated carbocycles. The van der Waals surface area contributed by atoms with E-state index in [2.05, 4.69) is 10.3 Å². The number of nitrogens with one attached hydrogen (secondary N) is 1. The number of rotatable bonds is 6. The van der Waals surface area contributed by atoms with Crippen molar-refractivity contribution in [2.75, 3.05) is 18.1 Å². The van der Waals surface area contributed by atoms with E-state index in [-0.39, 0.29) is 42.3 Å². The number of hydrogen-bond donors (Lipinski definition) is 1. The second-order valence-corrected chi connectivity index (χ2v) is 7.88. The maximum atomic E-state index is 11.9. The Bertz CT molecular complexity index is 661. The monoisotopic (exact) mass is 339 g/mol. The number of aromatic nitrogens is 1. The minimum atomic E-state index is -3.06. The van der Waals surface area contributed by atoms with Crippen molar-refractivity contribution in [2.45, 2.75) is 32.4 Å². The molecule has 1 saturated heterocycles. The van der Waals surface area contributed by atoms with Gasteiger partial charge in [0.15, 0.2) is 9.84 Å². The third-order valence-electron chi connectivity index (χ3n) is 3.87. The Hall–Kier alpha value is -1.96. The van der Waals surface area contributed by atoms with Crippen LogP contribution in [0.15, 0.2) is 24.5 Å². The molecule has 0 radical (unpaired) electrons. The van der Waals surface area contributed by atoms with Crippen molar-refractivity contribution in [3.63, 3.8) is 0 Å². The summed E-state index contributed by atoms with van der Waals surface area (Å²) in [4.78, 5) is 29.0. The van der Waals surface area contributed by atoms with Gasteiger partial charge in [-0.25, -0.2) is 8.42 Å². The van der Waals surface area contributed by atoms with Gasteiger partial charge in [0.05, 0.1) is 11.5 Å². The number of amides is 2. The van der Waals surface area contributed by atoms with Crippen LogP contribution in [0.4, 0.5) is 0 Å². The lowest BCUT2D eigenvalue weighted by atomic mass is 10.2. The van der Waals surface area contributed by atoms with E-state index in [0.29, 0.717) is 13.0 Å². The zero-order valence-corrected chi connectivity index (χ0v) is 13.9. The summed E-state index contributed by atoms with van der Waals surface area (Å²) in [5.41, 5.74) is 0.943. The van der Waals surface area contributed by atoms with Gasteiger partial charge in [-0.1, -0.05) is 0 Å². The van der Waals surface area contributed by atoms with Crippen molar-refractivity contribution in [3.05, 3.63) is 30.1 Å². The quantitative estimate of drug-likeness (QED) is 0.794. The molecule has 0 aliphatic carbocycles. The molecule has 126 valence electrons. The molecule has 2 rings (SSSR count). The Balaban J connectivity index is 1.82. The molecule has 1 N–H and O–H groups in total. The van der Waals surface area contributed by atoms with Crippen molar-refractivity contribution in [1.29, 1.82) is 0 Å². The summed E-state index contributed by atoms with van der Waals surface area (Å²) in [7, 11) is -3.06. The summed E-state index contributed by atoms with van der Waals surface area (Å²) in [6.45, 7) is 2.04. The number of nitrogens with zero attached hydrogens (tertiary/aromatic N) is 2. The highest BCUT2D eigenvalue weighted by Crippen LogP contribution is 2.18. The van der Waals surface area contributed by atoms with Crippen molar-refractivity contribution < 1.29 is 18.0 Å². The van der Waals surface area contributed by atoms with Gasteiger partial charge in [0.2, 0.25) is 11.8 Å². The van der Waals surface area contributed by atoms with Crippen molar-refractivity contribution in [3.8, 4) is 0 Å². The van der Waals surface area contributed by atoms with Gasteiger partial charge >= 0.3 is 0 Å². The lowest BCUT2D eigenvalue weighted by molar-refractivity contribution is -0.131. The summed E-state index contributed by atoms with van der Waals surface area (Å²) >= 11 is 0. The first kappa shape index (κ1) is 17.4. The standard InChI is InChI=1S/C15H21N3O4S/c1-12(19)18(14-5-9-23(21,22)11-14)8-4-15(20)17-10-13-2-6-16-7-3-13/h2-3,6-7,14H,4-5,8-11H2,1H3,(H,17,20). The normalized spacial score (nSPS) is 19.3. The highest BCUT2D eigenvalue weighted by atomic mass is 32.2. The number of carbonyl (C=O) groups excluding carboxylic acids is 2. The average molecular weight is 339 g/mol. The van der Waals surface area contributed by atoms with E-state index < -0.39 is 9.84 Å². The van der Waals surface area contributed by atoms with Crippen LogP contribution in [0.3, 0.4) is 0 Å². The fraction of sp³-hybridized carbons (Fsp3) is 0.533. The minimum Gasteiger partial charge on any atom is -0.352 e. The van der Waals surface area contributed by atoms with Crippen LogP contribution in [-0.2, 0) is 26.0 Å². The third-order valence-corrected chi connectivity index (χ3v) is 5.62. The van der Waals surface area contributed by atoms with Gasteiger partial charge in [-0.2, -0.15) is 0 Å². The lowest BCUT2D eigenvalue weighted by Gasteiger charge is -2.26. The summed E-state index contributed by atoms with van der Waals surface area (Å²) < 4.78 is 23.1. The predicted octanol–water partition coefficient (Wildman–Crippen LogP) is 0.123. The molecule has 1 fully saturated rings. The van der Waals surface area contributed by atoms with Crippen LogP contribution in [0.1, 0.15) is 25.3 Å². The van der Waals surface area contributed by atoms with Crippen LogP contribution in [-0.4, -0.2) is 54.2 Å². The largest absolute Gasteiger partial charge is 0.352 e. The van der Waals surface area contributed by atoms with E-state index in [1.165, 1.54) is 11.8 Å². The van der Waals surface area contributed by atoms with Gasteiger partial charge in [0.25, 0.3) is 0 Å². The molecular formula is C15H21N3O4S. The molecule has 23 heavy (non-hydrogen) atoms. The van der Waals surface area contributed by atoms with Gasteiger partial charge in [-0.05, 0) is 24.1 Å². The average Bonchev–Trinajstić information content (AvgIpc) is 2.86. The molecule has 1 unspecified atom stereocenters. The molecule has 1 atom stereocenters. The zero-order chi connectivity index (χ0) is 16.9. The van der Waals surface area contributed by atoms with E-state index in [0.717, 1.165) is 5.56 Å². The fourth-order valence-electron chi connectivity index (χ4n) is 2.63. The zero-order valence-electron chi connectivity index (χ0n) is 13.1. The first-order valence-electron chi connectivity index (χ1n) is 7.50. The SMILES string of the molecule is CC(=O)N(CCC(=O)NCc1ccncc1)C1CCS(=O)(=O)C1. The molecule has 1 aliphatic rings. The van der Waals surface area contributed by atoms with Crippen LogP contribution >= 0.6 is 0 Å². The molecule has 0 aromatic carbocycles. The molecule has 2 heterocycles. The second kappa shape index (κ2) is 7.54. The predicted molar refractivity (Wildman–Crippen MR) is 85.1 cm³/mol. The number of pyridine rings is 1. The van der Waals surface area contributed by atoms with Crippen LogP contribution < -0.4 is 5.32 Å². The van der Waals surface area contributed by atoms with Gasteiger partial charge < -0.3 is 10.2 Å². The van der Waals surface area contributed by atoms with E-state index in [1.54, 1.807) is 12.4 Å². The first-order chi connectivity index (χ1) is 10.9. The number of sulfone groups is 1. The van der Waals surface area contributed by atoms with Crippen LogP contribution in [0.2, 0.25) is 0 Å². The van der Waals surface area contributed by atoms with E-state index >= 15 is 0 Å². The Morgan fingerprint density at radius 1 is 1.35 bits per heavy atom. The summed E-state index contributed by atoms with van der Waals surface area (Å²) in [5, 5.41) is 2.78. The minimum absolute atomic E-state index is 0.00872. The highest BCUT2D eigenvalue weighted by Gasteiger charge is 2.33. The van der Waals surface area contributed by atoms with Crippen molar-refractivity contribution >= 4 is 21.7 Å². The van der Waals surface area contributed by atoms with Crippen LogP contribution in [0, 0.1) is 0 Å². The van der Waals surface area contributed by atoms with Crippen molar-refractivity contribution in [2.24, 2.45) is 0 Å². The molecule has 2 amide bonds. The van der Waals surface area contributed by atoms with Gasteiger partial charge in [0, 0.05) is 44.9 Å². The Kier molecular flexibility index (Phi) is 5.70. The molecule has 1 aromatic rings. The molecule has 7 nitrogen and oxygen atoms in total. The topological polar surface area (TPSA) is 96.4 Å². The van der Waals surface area contributed by atoms with Crippen LogP contribution in [0.5, 0.6) is 0 Å². The smallest absolute Gasteiger partial charge is 0.222 e. The van der Waals surface area contributed by atoms with Gasteiger partial charge in [0.1, 0.15) is 0 Å². The van der Waals surface area contributed by atoms with E-state index in [9.17, 15) is 18.0 Å². The van der Waals surface area contributed by atoms with E-state index in [1.807, 2.05) is 12.1 Å². The maximum absolute atomic E-state index is 11.9. The Morgan fingerprint density at radius 3 is 2.61 bits per heavy atom. The number of carbonyl (C=O) groups is 2. The van der Waals surface area contributed by atoms with Crippen LogP contribution in [0.25, 0.3) is 0 Å². The molecular weight excluding hydrogens is 318 g/mol. The molecule has 1 aliphatic heterocycles. The fourth-order valence-corrected chi connectivity index (χ4v) is 4.36. The first-order valence-corrected chi connectivity index (χ1v) is 9.33. The van der Waals surface area contributed by atoms with E-state index in [4.69, 9.17) is 0 Å². The summed E-state index contributed by atoms with van der Waals surface area (Å²) in [5.74, 6) is -0.274.